The molecule has 0 amide bonds. The van der Waals surface area contributed by atoms with Crippen molar-refractivity contribution >= 4 is 50.9 Å². The lowest BCUT2D eigenvalue weighted by Crippen LogP contribution is -2.29. The Balaban J connectivity index is 1.36. The van der Waals surface area contributed by atoms with Gasteiger partial charge in [0.25, 0.3) is 0 Å². The van der Waals surface area contributed by atoms with Gasteiger partial charge < -0.3 is 24.3 Å². The molecule has 0 saturated heterocycles. The number of hydrogen-bond acceptors (Lipinski definition) is 3. The second kappa shape index (κ2) is 6.57. The van der Waals surface area contributed by atoms with Gasteiger partial charge in [-0.2, -0.15) is 0 Å². The van der Waals surface area contributed by atoms with Gasteiger partial charge in [-0.05, 0) is 24.3 Å². The fourth-order valence-corrected chi connectivity index (χ4v) is 4.13. The van der Waals surface area contributed by atoms with E-state index in [4.69, 9.17) is 9.31 Å². The molecule has 5 nitrogen and oxygen atoms in total. The van der Waals surface area contributed by atoms with Crippen LogP contribution in [0.15, 0.2) is 84.9 Å². The van der Waals surface area contributed by atoms with Gasteiger partial charge in [0.2, 0.25) is 0 Å². The molecular weight excluding hydrogens is 375 g/mol. The molecule has 0 atom stereocenters. The SMILES string of the molecule is OB(Oc1cccc2c1[nH]c1ccccc12)Oc1cccc2c1[nH]c1ccccc12. The topological polar surface area (TPSA) is 70.3 Å². The van der Waals surface area contributed by atoms with Crippen molar-refractivity contribution in [3.8, 4) is 11.5 Å². The number of fused-ring (bicyclic) bond motifs is 6. The Hall–Kier alpha value is -3.90. The summed E-state index contributed by atoms with van der Waals surface area (Å²) in [5.74, 6) is 1.06. The highest BCUT2D eigenvalue weighted by Crippen LogP contribution is 2.33. The molecule has 3 N–H and O–H groups in total. The Morgan fingerprint density at radius 1 is 0.533 bits per heavy atom. The monoisotopic (exact) mass is 392 g/mol. The number of H-pyrrole nitrogens is 2. The molecule has 0 spiro atoms. The Labute approximate surface area is 172 Å². The van der Waals surface area contributed by atoms with Crippen LogP contribution in [-0.2, 0) is 0 Å². The van der Waals surface area contributed by atoms with Gasteiger partial charge in [-0.1, -0.05) is 60.7 Å². The Bertz CT molecular complexity index is 1420. The number of benzene rings is 4. The maximum atomic E-state index is 10.6. The van der Waals surface area contributed by atoms with Crippen LogP contribution in [0.4, 0.5) is 0 Å². The second-order valence-corrected chi connectivity index (χ2v) is 7.24. The van der Waals surface area contributed by atoms with Crippen molar-refractivity contribution in [3.63, 3.8) is 0 Å². The molecule has 30 heavy (non-hydrogen) atoms. The highest BCUT2D eigenvalue weighted by molar-refractivity contribution is 6.37. The molecule has 2 heterocycles. The molecule has 0 unspecified atom stereocenters. The number of aromatic amines is 2. The van der Waals surface area contributed by atoms with E-state index in [1.54, 1.807) is 0 Å². The number of hydrogen-bond donors (Lipinski definition) is 3. The van der Waals surface area contributed by atoms with Gasteiger partial charge in [-0.15, -0.1) is 0 Å². The summed E-state index contributed by atoms with van der Waals surface area (Å²) in [6.07, 6.45) is 0. The Kier molecular flexibility index (Phi) is 3.73. The van der Waals surface area contributed by atoms with Crippen LogP contribution in [0.25, 0.3) is 43.6 Å². The first-order valence-electron chi connectivity index (χ1n) is 9.78. The van der Waals surface area contributed by atoms with Gasteiger partial charge in [-0.3, -0.25) is 0 Å². The summed E-state index contributed by atoms with van der Waals surface area (Å²) in [6, 6.07) is 27.6. The molecule has 6 heteroatoms. The lowest BCUT2D eigenvalue weighted by atomic mass is 10.1. The predicted octanol–water partition coefficient (Wildman–Crippen LogP) is 5.39. The van der Waals surface area contributed by atoms with Gasteiger partial charge in [0.05, 0.1) is 11.0 Å². The molecule has 0 bridgehead atoms. The van der Waals surface area contributed by atoms with Crippen molar-refractivity contribution in [1.29, 1.82) is 0 Å². The van der Waals surface area contributed by atoms with Crippen LogP contribution < -0.4 is 9.31 Å². The van der Waals surface area contributed by atoms with Crippen LogP contribution in [0.3, 0.4) is 0 Å². The standard InChI is InChI=1S/C24H17BN2O3/c28-25(29-21-13-5-9-17-15-7-1-3-11-19(15)26-23(17)21)30-22-14-6-10-18-16-8-2-4-12-20(16)27-24(18)22/h1-14,26-28H. The van der Waals surface area contributed by atoms with E-state index in [2.05, 4.69) is 22.1 Å². The molecule has 4 aromatic carbocycles. The summed E-state index contributed by atoms with van der Waals surface area (Å²) in [7, 11) is -1.46. The molecule has 144 valence electrons. The normalized spacial score (nSPS) is 11.5. The zero-order valence-corrected chi connectivity index (χ0v) is 15.9. The smallest absolute Gasteiger partial charge is 0.499 e. The zero-order chi connectivity index (χ0) is 20.1. The van der Waals surface area contributed by atoms with Crippen LogP contribution in [0.5, 0.6) is 11.5 Å². The van der Waals surface area contributed by atoms with Gasteiger partial charge in [0.1, 0.15) is 11.5 Å². The van der Waals surface area contributed by atoms with E-state index in [0.29, 0.717) is 11.5 Å². The number of rotatable bonds is 4. The second-order valence-electron chi connectivity index (χ2n) is 7.24. The van der Waals surface area contributed by atoms with E-state index in [9.17, 15) is 5.02 Å². The van der Waals surface area contributed by atoms with E-state index in [1.165, 1.54) is 0 Å². The summed E-state index contributed by atoms with van der Waals surface area (Å²) >= 11 is 0. The van der Waals surface area contributed by atoms with Gasteiger partial charge in [0, 0.05) is 32.6 Å². The molecule has 0 fully saturated rings. The summed E-state index contributed by atoms with van der Waals surface area (Å²) in [5.41, 5.74) is 3.68. The molecule has 0 aliphatic heterocycles. The van der Waals surface area contributed by atoms with E-state index < -0.39 is 7.32 Å². The molecule has 6 rings (SSSR count). The first-order chi connectivity index (χ1) is 14.8. The first-order valence-corrected chi connectivity index (χ1v) is 9.78. The maximum Gasteiger partial charge on any atom is 0.785 e. The van der Waals surface area contributed by atoms with Crippen LogP contribution in [-0.4, -0.2) is 22.3 Å². The maximum absolute atomic E-state index is 10.6. The minimum absolute atomic E-state index is 0.528. The molecule has 0 radical (unpaired) electrons. The van der Waals surface area contributed by atoms with Crippen molar-refractivity contribution < 1.29 is 14.3 Å². The van der Waals surface area contributed by atoms with Crippen molar-refractivity contribution in [2.75, 3.05) is 0 Å². The number of aromatic nitrogens is 2. The summed E-state index contributed by atoms with van der Waals surface area (Å²) in [4.78, 5) is 6.73. The van der Waals surface area contributed by atoms with Gasteiger partial charge in [-0.25, -0.2) is 0 Å². The van der Waals surface area contributed by atoms with E-state index >= 15 is 0 Å². The fraction of sp³-hybridized carbons (Fsp3) is 0. The third-order valence-corrected chi connectivity index (χ3v) is 5.46. The average Bonchev–Trinajstić information content (AvgIpc) is 3.34. The van der Waals surface area contributed by atoms with Crippen molar-refractivity contribution in [2.45, 2.75) is 0 Å². The van der Waals surface area contributed by atoms with E-state index in [1.807, 2.05) is 72.8 Å². The first kappa shape index (κ1) is 17.0. The third-order valence-electron chi connectivity index (χ3n) is 5.46. The molecule has 0 aliphatic carbocycles. The van der Waals surface area contributed by atoms with Crippen LogP contribution in [0.1, 0.15) is 0 Å². The van der Waals surface area contributed by atoms with E-state index in [0.717, 1.165) is 43.6 Å². The summed E-state index contributed by atoms with van der Waals surface area (Å²) in [6.45, 7) is 0. The number of nitrogens with one attached hydrogen (secondary N) is 2. The fourth-order valence-electron chi connectivity index (χ4n) is 4.13. The van der Waals surface area contributed by atoms with Crippen LogP contribution in [0, 0.1) is 0 Å². The molecular formula is C24H17BN2O3. The molecule has 0 aliphatic rings. The molecule has 0 saturated carbocycles. The highest BCUT2D eigenvalue weighted by atomic mass is 16.7. The minimum Gasteiger partial charge on any atom is -0.499 e. The highest BCUT2D eigenvalue weighted by Gasteiger charge is 2.24. The predicted molar refractivity (Wildman–Crippen MR) is 121 cm³/mol. The summed E-state index contributed by atoms with van der Waals surface area (Å²) < 4.78 is 11.5. The number of para-hydroxylation sites is 4. The lowest BCUT2D eigenvalue weighted by Gasteiger charge is -2.12. The largest absolute Gasteiger partial charge is 0.785 e. The quantitative estimate of drug-likeness (QED) is 0.352. The molecule has 6 aromatic rings. The van der Waals surface area contributed by atoms with Crippen LogP contribution >= 0.6 is 0 Å². The van der Waals surface area contributed by atoms with Crippen molar-refractivity contribution in [2.24, 2.45) is 0 Å². The Morgan fingerprint density at radius 2 is 0.967 bits per heavy atom. The lowest BCUT2D eigenvalue weighted by molar-refractivity contribution is 0.300. The minimum atomic E-state index is -1.46. The van der Waals surface area contributed by atoms with Crippen molar-refractivity contribution in [1.82, 2.24) is 9.97 Å². The van der Waals surface area contributed by atoms with E-state index in [-0.39, 0.29) is 0 Å². The molecule has 2 aromatic heterocycles. The van der Waals surface area contributed by atoms with Crippen molar-refractivity contribution in [3.05, 3.63) is 84.9 Å². The van der Waals surface area contributed by atoms with Gasteiger partial charge in [0.15, 0.2) is 0 Å². The Morgan fingerprint density at radius 3 is 1.47 bits per heavy atom. The van der Waals surface area contributed by atoms with Crippen LogP contribution in [0.2, 0.25) is 0 Å². The summed E-state index contributed by atoms with van der Waals surface area (Å²) in [5, 5.41) is 14.8. The average molecular weight is 392 g/mol. The van der Waals surface area contributed by atoms with Gasteiger partial charge >= 0.3 is 7.32 Å². The third kappa shape index (κ3) is 2.62. The zero-order valence-electron chi connectivity index (χ0n) is 15.9.